The third-order valence-corrected chi connectivity index (χ3v) is 3.87. The second-order valence-electron chi connectivity index (χ2n) is 5.72. The summed E-state index contributed by atoms with van der Waals surface area (Å²) in [5, 5.41) is 15.6. The Morgan fingerprint density at radius 3 is 2.56 bits per heavy atom. The van der Waals surface area contributed by atoms with E-state index in [0.29, 0.717) is 41.8 Å². The summed E-state index contributed by atoms with van der Waals surface area (Å²) in [4.78, 5) is 0. The number of halogens is 2. The Morgan fingerprint density at radius 1 is 0.926 bits per heavy atom. The summed E-state index contributed by atoms with van der Waals surface area (Å²) in [6, 6.07) is 15.7. The fourth-order valence-corrected chi connectivity index (χ4v) is 2.57. The van der Waals surface area contributed by atoms with Gasteiger partial charge in [-0.25, -0.2) is 8.78 Å². The fourth-order valence-electron chi connectivity index (χ4n) is 2.57. The van der Waals surface area contributed by atoms with Crippen molar-refractivity contribution in [2.45, 2.75) is 0 Å². The minimum absolute atomic E-state index is 0.308. The molecule has 0 aliphatic carbocycles. The highest BCUT2D eigenvalue weighted by molar-refractivity contribution is 5.60. The molecule has 136 valence electrons. The van der Waals surface area contributed by atoms with E-state index in [1.54, 1.807) is 42.5 Å². The monoisotopic (exact) mass is 367 g/mol. The van der Waals surface area contributed by atoms with Crippen LogP contribution in [0.1, 0.15) is 0 Å². The lowest BCUT2D eigenvalue weighted by atomic mass is 10.2. The van der Waals surface area contributed by atoms with Crippen molar-refractivity contribution < 1.29 is 13.5 Å². The molecule has 27 heavy (non-hydrogen) atoms. The van der Waals surface area contributed by atoms with Crippen LogP contribution in [-0.4, -0.2) is 33.0 Å². The van der Waals surface area contributed by atoms with Gasteiger partial charge in [-0.2, -0.15) is 4.52 Å². The van der Waals surface area contributed by atoms with Crippen LogP contribution in [0, 0.1) is 11.6 Å². The normalized spacial score (nSPS) is 10.9. The molecule has 0 spiro atoms. The minimum Gasteiger partial charge on any atom is -0.492 e. The second kappa shape index (κ2) is 7.36. The van der Waals surface area contributed by atoms with Crippen molar-refractivity contribution in [3.05, 3.63) is 72.3 Å². The fraction of sp³-hybridized carbons (Fsp3) is 0.105. The van der Waals surface area contributed by atoms with Gasteiger partial charge in [0.05, 0.1) is 12.1 Å². The second-order valence-corrected chi connectivity index (χ2v) is 5.72. The highest BCUT2D eigenvalue weighted by atomic mass is 19.1. The van der Waals surface area contributed by atoms with Crippen LogP contribution in [0.4, 0.5) is 14.6 Å². The molecule has 0 radical (unpaired) electrons. The smallest absolute Gasteiger partial charge is 0.188 e. The van der Waals surface area contributed by atoms with Gasteiger partial charge in [0, 0.05) is 0 Å². The molecule has 0 amide bonds. The summed E-state index contributed by atoms with van der Waals surface area (Å²) in [6.07, 6.45) is 0. The average molecular weight is 367 g/mol. The van der Waals surface area contributed by atoms with E-state index in [9.17, 15) is 8.78 Å². The number of hydrogen-bond acceptors (Lipinski definition) is 5. The Balaban J connectivity index is 1.46. The number of rotatable bonds is 6. The Labute approximate surface area is 153 Å². The van der Waals surface area contributed by atoms with Gasteiger partial charge in [0.15, 0.2) is 11.5 Å². The van der Waals surface area contributed by atoms with E-state index in [0.717, 1.165) is 0 Å². The van der Waals surface area contributed by atoms with Crippen molar-refractivity contribution >= 4 is 11.5 Å². The van der Waals surface area contributed by atoms with Crippen molar-refractivity contribution in [3.8, 4) is 17.1 Å². The largest absolute Gasteiger partial charge is 0.492 e. The molecule has 0 saturated carbocycles. The first-order valence-corrected chi connectivity index (χ1v) is 8.30. The van der Waals surface area contributed by atoms with Gasteiger partial charge in [0.25, 0.3) is 0 Å². The number of anilines is 1. The number of ether oxygens (including phenoxy) is 1. The van der Waals surface area contributed by atoms with E-state index in [1.165, 1.54) is 22.7 Å². The van der Waals surface area contributed by atoms with Crippen molar-refractivity contribution in [1.29, 1.82) is 0 Å². The third kappa shape index (κ3) is 3.69. The lowest BCUT2D eigenvalue weighted by Gasteiger charge is -2.08. The highest BCUT2D eigenvalue weighted by Crippen LogP contribution is 2.21. The Hall–Kier alpha value is -3.55. The Kier molecular flexibility index (Phi) is 4.61. The molecule has 2 aromatic carbocycles. The van der Waals surface area contributed by atoms with Crippen LogP contribution >= 0.6 is 0 Å². The number of nitrogens with one attached hydrogen (secondary N) is 1. The van der Waals surface area contributed by atoms with Crippen molar-refractivity contribution in [2.24, 2.45) is 0 Å². The number of benzene rings is 2. The molecule has 8 heteroatoms. The van der Waals surface area contributed by atoms with Crippen molar-refractivity contribution in [1.82, 2.24) is 19.8 Å². The first-order chi connectivity index (χ1) is 13.2. The molecule has 4 rings (SSSR count). The van der Waals surface area contributed by atoms with Gasteiger partial charge in [-0.3, -0.25) is 0 Å². The molecule has 1 N–H and O–H groups in total. The molecule has 0 aliphatic heterocycles. The molecule has 0 bridgehead atoms. The van der Waals surface area contributed by atoms with E-state index >= 15 is 0 Å². The van der Waals surface area contributed by atoms with Crippen LogP contribution < -0.4 is 10.1 Å². The predicted molar refractivity (Wildman–Crippen MR) is 96.6 cm³/mol. The number of fused-ring (bicyclic) bond motifs is 1. The molecular formula is C19H15F2N5O. The summed E-state index contributed by atoms with van der Waals surface area (Å²) < 4.78 is 33.9. The van der Waals surface area contributed by atoms with Crippen LogP contribution in [0.25, 0.3) is 17.0 Å². The molecule has 0 unspecified atom stereocenters. The molecule has 2 heterocycles. The van der Waals surface area contributed by atoms with Gasteiger partial charge in [-0.05, 0) is 48.5 Å². The molecular weight excluding hydrogens is 352 g/mol. The summed E-state index contributed by atoms with van der Waals surface area (Å²) in [6.45, 7) is 0.848. The first kappa shape index (κ1) is 16.9. The molecule has 0 fully saturated rings. The maximum absolute atomic E-state index is 14.1. The van der Waals surface area contributed by atoms with E-state index < -0.39 is 0 Å². The van der Waals surface area contributed by atoms with E-state index in [2.05, 4.69) is 20.6 Å². The van der Waals surface area contributed by atoms with E-state index in [1.807, 2.05) is 0 Å². The summed E-state index contributed by atoms with van der Waals surface area (Å²) in [5.41, 5.74) is 0.843. The Bertz CT molecular complexity index is 1070. The average Bonchev–Trinajstić information content (AvgIpc) is 3.10. The topological polar surface area (TPSA) is 64.3 Å². The number of hydrogen-bond donors (Lipinski definition) is 1. The molecule has 4 aromatic rings. The molecule has 2 aromatic heterocycles. The quantitative estimate of drug-likeness (QED) is 0.528. The maximum Gasteiger partial charge on any atom is 0.188 e. The van der Waals surface area contributed by atoms with Gasteiger partial charge in [0.2, 0.25) is 0 Å². The highest BCUT2D eigenvalue weighted by Gasteiger charge is 2.13. The molecule has 0 atom stereocenters. The maximum atomic E-state index is 14.1. The first-order valence-electron chi connectivity index (χ1n) is 8.30. The molecule has 0 aliphatic rings. The lowest BCUT2D eigenvalue weighted by molar-refractivity contribution is 0.332. The van der Waals surface area contributed by atoms with Gasteiger partial charge in [0.1, 0.15) is 29.8 Å². The van der Waals surface area contributed by atoms with Crippen LogP contribution in [0.3, 0.4) is 0 Å². The van der Waals surface area contributed by atoms with Gasteiger partial charge in [-0.1, -0.05) is 12.1 Å². The number of aromatic nitrogens is 4. The standard InChI is InChI=1S/C19H15F2N5O/c20-13-5-7-14(8-6-13)27-12-11-22-17-9-10-18-23-24-19(26(18)25-17)15-3-1-2-4-16(15)21/h1-10H,11-12H2,(H,22,25). The zero-order chi connectivity index (χ0) is 18.6. The number of nitrogens with zero attached hydrogens (tertiary/aromatic N) is 4. The van der Waals surface area contributed by atoms with Crippen molar-refractivity contribution in [2.75, 3.05) is 18.5 Å². The van der Waals surface area contributed by atoms with Gasteiger partial charge in [-0.15, -0.1) is 15.3 Å². The predicted octanol–water partition coefficient (Wildman–Crippen LogP) is 3.56. The molecule has 0 saturated heterocycles. The van der Waals surface area contributed by atoms with Crippen LogP contribution in [0.15, 0.2) is 60.7 Å². The summed E-state index contributed by atoms with van der Waals surface area (Å²) in [5.74, 6) is 0.788. The lowest BCUT2D eigenvalue weighted by Crippen LogP contribution is -2.13. The zero-order valence-electron chi connectivity index (χ0n) is 14.1. The van der Waals surface area contributed by atoms with Crippen LogP contribution in [0.2, 0.25) is 0 Å². The van der Waals surface area contributed by atoms with Crippen LogP contribution in [-0.2, 0) is 0 Å². The SMILES string of the molecule is Fc1ccc(OCCNc2ccc3nnc(-c4ccccc4F)n3n2)cc1. The molecule has 6 nitrogen and oxygen atoms in total. The van der Waals surface area contributed by atoms with Gasteiger partial charge < -0.3 is 10.1 Å². The minimum atomic E-state index is -0.389. The summed E-state index contributed by atoms with van der Waals surface area (Å²) >= 11 is 0. The van der Waals surface area contributed by atoms with Crippen LogP contribution in [0.5, 0.6) is 5.75 Å². The Morgan fingerprint density at radius 2 is 1.74 bits per heavy atom. The van der Waals surface area contributed by atoms with E-state index in [-0.39, 0.29) is 11.6 Å². The van der Waals surface area contributed by atoms with Crippen molar-refractivity contribution in [3.63, 3.8) is 0 Å². The van der Waals surface area contributed by atoms with Gasteiger partial charge >= 0.3 is 0 Å². The third-order valence-electron chi connectivity index (χ3n) is 3.87. The zero-order valence-corrected chi connectivity index (χ0v) is 14.1. The summed E-state index contributed by atoms with van der Waals surface area (Å²) in [7, 11) is 0. The van der Waals surface area contributed by atoms with E-state index in [4.69, 9.17) is 4.74 Å².